The summed E-state index contributed by atoms with van der Waals surface area (Å²) in [6.07, 6.45) is 1.94. The van der Waals surface area contributed by atoms with Gasteiger partial charge in [-0.1, -0.05) is 0 Å². The Hall–Kier alpha value is -0.770. The van der Waals surface area contributed by atoms with E-state index in [9.17, 15) is 4.79 Å². The zero-order valence-corrected chi connectivity index (χ0v) is 10.8. The number of hydrogen-bond acceptors (Lipinski definition) is 3. The third-order valence-corrected chi connectivity index (χ3v) is 2.67. The Morgan fingerprint density at radius 3 is 2.75 bits per heavy atom. The van der Waals surface area contributed by atoms with Crippen LogP contribution in [0.4, 0.5) is 4.79 Å². The molecule has 94 valence electrons. The number of carbonyl (C=O) groups is 1. The average Bonchev–Trinajstić information content (AvgIpc) is 2.12. The largest absolute Gasteiger partial charge is 0.444 e. The van der Waals surface area contributed by atoms with Crippen LogP contribution < -0.4 is 10.6 Å². The summed E-state index contributed by atoms with van der Waals surface area (Å²) in [4.78, 5) is 11.4. The third-order valence-electron chi connectivity index (χ3n) is 2.67. The number of amides is 1. The zero-order valence-electron chi connectivity index (χ0n) is 10.8. The van der Waals surface area contributed by atoms with Crippen LogP contribution in [0.1, 0.15) is 40.5 Å². The Kier molecular flexibility index (Phi) is 4.59. The number of piperidine rings is 1. The highest BCUT2D eigenvalue weighted by Gasteiger charge is 2.20. The molecule has 1 fully saturated rings. The molecule has 0 aliphatic carbocycles. The summed E-state index contributed by atoms with van der Waals surface area (Å²) in [5.41, 5.74) is -0.411. The molecule has 2 atom stereocenters. The summed E-state index contributed by atoms with van der Waals surface area (Å²) in [5, 5.41) is 6.23. The first-order valence-corrected chi connectivity index (χ1v) is 6.07. The lowest BCUT2D eigenvalue weighted by Gasteiger charge is -2.28. The van der Waals surface area contributed by atoms with Crippen molar-refractivity contribution in [1.82, 2.24) is 10.6 Å². The van der Waals surface area contributed by atoms with Gasteiger partial charge in [-0.15, -0.1) is 0 Å². The van der Waals surface area contributed by atoms with Crippen molar-refractivity contribution in [2.75, 3.05) is 13.1 Å². The SMILES string of the molecule is CC1CC(CNC(=O)OC(C)(C)C)CCN1. The number of nitrogens with one attached hydrogen (secondary N) is 2. The van der Waals surface area contributed by atoms with Gasteiger partial charge in [-0.3, -0.25) is 0 Å². The van der Waals surface area contributed by atoms with E-state index >= 15 is 0 Å². The molecule has 4 heteroatoms. The van der Waals surface area contributed by atoms with Gasteiger partial charge >= 0.3 is 6.09 Å². The second kappa shape index (κ2) is 5.53. The molecule has 1 heterocycles. The number of hydrogen-bond donors (Lipinski definition) is 2. The maximum Gasteiger partial charge on any atom is 0.407 e. The van der Waals surface area contributed by atoms with Crippen LogP contribution >= 0.6 is 0 Å². The minimum atomic E-state index is -0.411. The van der Waals surface area contributed by atoms with Crippen molar-refractivity contribution in [2.45, 2.75) is 52.2 Å². The van der Waals surface area contributed by atoms with Crippen molar-refractivity contribution < 1.29 is 9.53 Å². The second-order valence-corrected chi connectivity index (χ2v) is 5.63. The van der Waals surface area contributed by atoms with Crippen molar-refractivity contribution in [1.29, 1.82) is 0 Å². The molecule has 0 spiro atoms. The van der Waals surface area contributed by atoms with Gasteiger partial charge in [0.25, 0.3) is 0 Å². The lowest BCUT2D eigenvalue weighted by Crippen LogP contribution is -2.41. The number of carbonyl (C=O) groups excluding carboxylic acids is 1. The number of alkyl carbamates (subject to hydrolysis) is 1. The predicted octanol–water partition coefficient (Wildman–Crippen LogP) is 1.90. The quantitative estimate of drug-likeness (QED) is 0.759. The fraction of sp³-hybridized carbons (Fsp3) is 0.917. The summed E-state index contributed by atoms with van der Waals surface area (Å²) in [5.74, 6) is 0.573. The molecule has 1 rings (SSSR count). The molecule has 0 aromatic rings. The molecule has 4 nitrogen and oxygen atoms in total. The van der Waals surface area contributed by atoms with E-state index < -0.39 is 5.60 Å². The van der Waals surface area contributed by atoms with Crippen LogP contribution in [0.25, 0.3) is 0 Å². The van der Waals surface area contributed by atoms with E-state index in [-0.39, 0.29) is 6.09 Å². The van der Waals surface area contributed by atoms with E-state index in [2.05, 4.69) is 17.6 Å². The first kappa shape index (κ1) is 13.3. The van der Waals surface area contributed by atoms with E-state index in [4.69, 9.17) is 4.74 Å². The van der Waals surface area contributed by atoms with E-state index in [1.165, 1.54) is 0 Å². The molecule has 2 N–H and O–H groups in total. The maximum atomic E-state index is 11.4. The van der Waals surface area contributed by atoms with Gasteiger partial charge in [0.15, 0.2) is 0 Å². The number of ether oxygens (including phenoxy) is 1. The molecule has 0 saturated carbocycles. The van der Waals surface area contributed by atoms with Crippen LogP contribution in [0, 0.1) is 5.92 Å². The van der Waals surface area contributed by atoms with Crippen LogP contribution in [-0.2, 0) is 4.74 Å². The highest BCUT2D eigenvalue weighted by Crippen LogP contribution is 2.15. The molecular weight excluding hydrogens is 204 g/mol. The number of rotatable bonds is 2. The fourth-order valence-electron chi connectivity index (χ4n) is 1.96. The Labute approximate surface area is 98.1 Å². The third kappa shape index (κ3) is 5.35. The molecule has 1 aliphatic rings. The van der Waals surface area contributed by atoms with Gasteiger partial charge in [-0.25, -0.2) is 4.79 Å². The van der Waals surface area contributed by atoms with Crippen molar-refractivity contribution in [3.05, 3.63) is 0 Å². The topological polar surface area (TPSA) is 50.4 Å². The Balaban J connectivity index is 2.21. The molecule has 0 aromatic heterocycles. The van der Waals surface area contributed by atoms with Gasteiger partial charge < -0.3 is 15.4 Å². The molecule has 0 bridgehead atoms. The van der Waals surface area contributed by atoms with Gasteiger partial charge in [0.2, 0.25) is 0 Å². The first-order chi connectivity index (χ1) is 7.37. The highest BCUT2D eigenvalue weighted by molar-refractivity contribution is 5.67. The van der Waals surface area contributed by atoms with Gasteiger partial charge in [0.1, 0.15) is 5.60 Å². The smallest absolute Gasteiger partial charge is 0.407 e. The molecule has 1 amide bonds. The van der Waals surface area contributed by atoms with Crippen molar-refractivity contribution in [3.63, 3.8) is 0 Å². The predicted molar refractivity (Wildman–Crippen MR) is 64.4 cm³/mol. The van der Waals surface area contributed by atoms with E-state index in [1.807, 2.05) is 20.8 Å². The maximum absolute atomic E-state index is 11.4. The minimum absolute atomic E-state index is 0.307. The summed E-state index contributed by atoms with van der Waals surface area (Å²) < 4.78 is 5.19. The normalized spacial score (nSPS) is 26.2. The molecule has 2 unspecified atom stereocenters. The van der Waals surface area contributed by atoms with Gasteiger partial charge in [-0.05, 0) is 53.0 Å². The molecule has 0 aromatic carbocycles. The van der Waals surface area contributed by atoms with Crippen molar-refractivity contribution in [3.8, 4) is 0 Å². The lowest BCUT2D eigenvalue weighted by atomic mass is 9.93. The summed E-state index contributed by atoms with van der Waals surface area (Å²) in [6, 6.07) is 0.555. The van der Waals surface area contributed by atoms with Crippen molar-refractivity contribution in [2.24, 2.45) is 5.92 Å². The van der Waals surface area contributed by atoms with Gasteiger partial charge in [0.05, 0.1) is 0 Å². The monoisotopic (exact) mass is 228 g/mol. The average molecular weight is 228 g/mol. The van der Waals surface area contributed by atoms with E-state index in [1.54, 1.807) is 0 Å². The molecule has 1 saturated heterocycles. The standard InChI is InChI=1S/C12H24N2O2/c1-9-7-10(5-6-13-9)8-14-11(15)16-12(2,3)4/h9-10,13H,5-8H2,1-4H3,(H,14,15). The molecule has 16 heavy (non-hydrogen) atoms. The van der Waals surface area contributed by atoms with Crippen LogP contribution in [0.5, 0.6) is 0 Å². The fourth-order valence-corrected chi connectivity index (χ4v) is 1.96. The van der Waals surface area contributed by atoms with Crippen molar-refractivity contribution >= 4 is 6.09 Å². The molecule has 1 aliphatic heterocycles. The summed E-state index contributed by atoms with van der Waals surface area (Å²) in [7, 11) is 0. The summed E-state index contributed by atoms with van der Waals surface area (Å²) in [6.45, 7) is 9.57. The molecular formula is C12H24N2O2. The van der Waals surface area contributed by atoms with Crippen LogP contribution in [-0.4, -0.2) is 30.8 Å². The Bertz CT molecular complexity index is 236. The van der Waals surface area contributed by atoms with E-state index in [0.29, 0.717) is 12.0 Å². The highest BCUT2D eigenvalue weighted by atomic mass is 16.6. The molecule has 0 radical (unpaired) electrons. The minimum Gasteiger partial charge on any atom is -0.444 e. The first-order valence-electron chi connectivity index (χ1n) is 6.07. The van der Waals surface area contributed by atoms with E-state index in [0.717, 1.165) is 25.9 Å². The Morgan fingerprint density at radius 1 is 1.50 bits per heavy atom. The zero-order chi connectivity index (χ0) is 12.2. The van der Waals surface area contributed by atoms with Gasteiger partial charge in [0, 0.05) is 12.6 Å². The van der Waals surface area contributed by atoms with Crippen LogP contribution in [0.15, 0.2) is 0 Å². The van der Waals surface area contributed by atoms with Crippen LogP contribution in [0.3, 0.4) is 0 Å². The van der Waals surface area contributed by atoms with Crippen LogP contribution in [0.2, 0.25) is 0 Å². The second-order valence-electron chi connectivity index (χ2n) is 5.63. The summed E-state index contributed by atoms with van der Waals surface area (Å²) >= 11 is 0. The Morgan fingerprint density at radius 2 is 2.19 bits per heavy atom. The van der Waals surface area contributed by atoms with Gasteiger partial charge in [-0.2, -0.15) is 0 Å². The lowest BCUT2D eigenvalue weighted by molar-refractivity contribution is 0.0514.